The van der Waals surface area contributed by atoms with Gasteiger partial charge in [0.1, 0.15) is 5.75 Å². The fourth-order valence-corrected chi connectivity index (χ4v) is 1.98. The fourth-order valence-electron chi connectivity index (χ4n) is 1.32. The number of carbonyl (C=O) groups excluding carboxylic acids is 1. The minimum atomic E-state index is -0.0239. The molecule has 0 aromatic heterocycles. The Kier molecular flexibility index (Phi) is 3.41. The lowest BCUT2D eigenvalue weighted by Crippen LogP contribution is -1.94. The second kappa shape index (κ2) is 4.99. The van der Waals surface area contributed by atoms with Crippen molar-refractivity contribution in [1.82, 2.24) is 0 Å². The predicted molar refractivity (Wildman–Crippen MR) is 66.4 cm³/mol. The molecule has 2 rings (SSSR count). The molecular weight excluding hydrogens is 222 g/mol. The van der Waals surface area contributed by atoms with Gasteiger partial charge in [-0.25, -0.2) is 0 Å². The van der Waals surface area contributed by atoms with Gasteiger partial charge in [0.25, 0.3) is 0 Å². The number of benzene rings is 1. The highest BCUT2D eigenvalue weighted by atomic mass is 32.2. The molecule has 0 radical (unpaired) electrons. The summed E-state index contributed by atoms with van der Waals surface area (Å²) in [5.41, 5.74) is 0.649. The van der Waals surface area contributed by atoms with Crippen molar-refractivity contribution in [3.8, 4) is 5.75 Å². The third-order valence-electron chi connectivity index (χ3n) is 2.15. The lowest BCUT2D eigenvalue weighted by molar-refractivity contribution is 0.104. The third-order valence-corrected chi connectivity index (χ3v) is 2.99. The van der Waals surface area contributed by atoms with Crippen molar-refractivity contribution in [2.75, 3.05) is 12.9 Å². The minimum absolute atomic E-state index is 0.0239. The number of methoxy groups -OCH3 is 1. The van der Waals surface area contributed by atoms with Gasteiger partial charge >= 0.3 is 0 Å². The average Bonchev–Trinajstić information content (AvgIpc) is 2.82. The van der Waals surface area contributed by atoms with Crippen LogP contribution in [0.1, 0.15) is 10.4 Å². The first-order valence-electron chi connectivity index (χ1n) is 4.85. The molecule has 82 valence electrons. The van der Waals surface area contributed by atoms with Gasteiger partial charge in [-0.3, -0.25) is 9.79 Å². The number of ether oxygens (including phenoxy) is 1. The van der Waals surface area contributed by atoms with Crippen LogP contribution in [0.4, 0.5) is 0 Å². The van der Waals surface area contributed by atoms with Gasteiger partial charge in [-0.2, -0.15) is 0 Å². The first-order chi connectivity index (χ1) is 7.79. The molecule has 1 aromatic carbocycles. The third kappa shape index (κ3) is 2.52. The second-order valence-corrected chi connectivity index (χ2v) is 4.24. The zero-order chi connectivity index (χ0) is 11.4. The van der Waals surface area contributed by atoms with Crippen LogP contribution in [0.15, 0.2) is 40.4 Å². The zero-order valence-corrected chi connectivity index (χ0v) is 9.66. The second-order valence-electron chi connectivity index (χ2n) is 3.20. The van der Waals surface area contributed by atoms with Crippen LogP contribution in [0, 0.1) is 0 Å². The van der Waals surface area contributed by atoms with Crippen molar-refractivity contribution in [3.05, 3.63) is 40.9 Å². The number of aliphatic imine (C=N–C) groups is 1. The lowest BCUT2D eigenvalue weighted by Gasteiger charge is -2.00. The Morgan fingerprint density at radius 3 is 2.75 bits per heavy atom. The van der Waals surface area contributed by atoms with Crippen LogP contribution in [0.3, 0.4) is 0 Å². The Bertz CT molecular complexity index is 449. The molecule has 0 N–H and O–H groups in total. The van der Waals surface area contributed by atoms with Crippen LogP contribution in [0.25, 0.3) is 0 Å². The summed E-state index contributed by atoms with van der Waals surface area (Å²) in [6, 6.07) is 7.05. The molecule has 1 aromatic rings. The number of hydrogen-bond acceptors (Lipinski definition) is 4. The van der Waals surface area contributed by atoms with Crippen molar-refractivity contribution >= 4 is 23.8 Å². The van der Waals surface area contributed by atoms with Gasteiger partial charge in [-0.1, -0.05) is 0 Å². The first-order valence-corrected chi connectivity index (χ1v) is 5.83. The van der Waals surface area contributed by atoms with E-state index < -0.39 is 0 Å². The molecule has 0 amide bonds. The van der Waals surface area contributed by atoms with Gasteiger partial charge in [0.15, 0.2) is 5.78 Å². The number of thioether (sulfide) groups is 1. The highest BCUT2D eigenvalue weighted by molar-refractivity contribution is 8.04. The molecule has 0 unspecified atom stereocenters. The number of carbonyl (C=O) groups is 1. The minimum Gasteiger partial charge on any atom is -0.497 e. The maximum Gasteiger partial charge on any atom is 0.188 e. The first kappa shape index (κ1) is 11.0. The molecule has 1 aliphatic rings. The van der Waals surface area contributed by atoms with Crippen LogP contribution in [-0.4, -0.2) is 24.9 Å². The maximum absolute atomic E-state index is 11.8. The van der Waals surface area contributed by atoms with E-state index in [4.69, 9.17) is 4.74 Å². The molecule has 4 heteroatoms. The van der Waals surface area contributed by atoms with Crippen LogP contribution in [-0.2, 0) is 0 Å². The van der Waals surface area contributed by atoms with Gasteiger partial charge in [0.2, 0.25) is 0 Å². The molecule has 3 nitrogen and oxygen atoms in total. The Balaban J connectivity index is 2.14. The van der Waals surface area contributed by atoms with Gasteiger partial charge in [0, 0.05) is 23.6 Å². The van der Waals surface area contributed by atoms with E-state index in [1.165, 1.54) is 0 Å². The number of nitrogens with zero attached hydrogens (tertiary/aromatic N) is 1. The van der Waals surface area contributed by atoms with E-state index in [-0.39, 0.29) is 5.78 Å². The molecule has 0 atom stereocenters. The summed E-state index contributed by atoms with van der Waals surface area (Å²) >= 11 is 1.57. The zero-order valence-electron chi connectivity index (χ0n) is 8.84. The SMILES string of the molecule is COc1ccc(C(=O)/C=C2/N=CCS2)cc1. The Hall–Kier alpha value is -1.55. The average molecular weight is 233 g/mol. The summed E-state index contributed by atoms with van der Waals surface area (Å²) < 4.78 is 5.03. The topological polar surface area (TPSA) is 38.7 Å². The molecule has 0 spiro atoms. The van der Waals surface area contributed by atoms with Crippen LogP contribution < -0.4 is 4.74 Å². The standard InChI is InChI=1S/C12H11NO2S/c1-15-10-4-2-9(3-5-10)11(14)8-12-13-6-7-16-12/h2-6,8H,7H2,1H3/b12-8-. The quantitative estimate of drug-likeness (QED) is 0.595. The van der Waals surface area contributed by atoms with E-state index in [1.54, 1.807) is 55.4 Å². The highest BCUT2D eigenvalue weighted by Crippen LogP contribution is 2.22. The Morgan fingerprint density at radius 2 is 2.19 bits per heavy atom. The normalized spacial score (nSPS) is 16.7. The van der Waals surface area contributed by atoms with Gasteiger partial charge in [-0.15, -0.1) is 11.8 Å². The van der Waals surface area contributed by atoms with Crippen LogP contribution in [0.2, 0.25) is 0 Å². The summed E-state index contributed by atoms with van der Waals surface area (Å²) in [6.07, 6.45) is 3.37. The largest absolute Gasteiger partial charge is 0.497 e. The van der Waals surface area contributed by atoms with Crippen LogP contribution in [0.5, 0.6) is 5.75 Å². The van der Waals surface area contributed by atoms with E-state index in [2.05, 4.69) is 4.99 Å². The lowest BCUT2D eigenvalue weighted by atomic mass is 10.1. The predicted octanol–water partition coefficient (Wildman–Crippen LogP) is 2.54. The number of allylic oxidation sites excluding steroid dienone is 1. The molecule has 0 saturated carbocycles. The molecule has 0 bridgehead atoms. The van der Waals surface area contributed by atoms with Crippen molar-refractivity contribution in [2.45, 2.75) is 0 Å². The van der Waals surface area contributed by atoms with Crippen molar-refractivity contribution in [2.24, 2.45) is 4.99 Å². The van der Waals surface area contributed by atoms with Crippen molar-refractivity contribution in [3.63, 3.8) is 0 Å². The smallest absolute Gasteiger partial charge is 0.188 e. The molecule has 1 heterocycles. The van der Waals surface area contributed by atoms with Crippen LogP contribution >= 0.6 is 11.8 Å². The number of rotatable bonds is 3. The molecule has 0 saturated heterocycles. The summed E-state index contributed by atoms with van der Waals surface area (Å²) in [6.45, 7) is 0. The van der Waals surface area contributed by atoms with Gasteiger partial charge in [0.05, 0.1) is 12.1 Å². The molecule has 16 heavy (non-hydrogen) atoms. The molecule has 0 aliphatic carbocycles. The summed E-state index contributed by atoms with van der Waals surface area (Å²) in [7, 11) is 1.60. The molecule has 1 aliphatic heterocycles. The molecular formula is C12H11NO2S. The van der Waals surface area contributed by atoms with E-state index in [1.807, 2.05) is 0 Å². The monoisotopic (exact) mass is 233 g/mol. The molecule has 0 fully saturated rings. The van der Waals surface area contributed by atoms with E-state index in [9.17, 15) is 4.79 Å². The number of ketones is 1. The van der Waals surface area contributed by atoms with Crippen molar-refractivity contribution in [1.29, 1.82) is 0 Å². The van der Waals surface area contributed by atoms with Gasteiger partial charge < -0.3 is 4.74 Å². The Labute approximate surface area is 98.2 Å². The maximum atomic E-state index is 11.8. The highest BCUT2D eigenvalue weighted by Gasteiger charge is 2.07. The van der Waals surface area contributed by atoms with Crippen molar-refractivity contribution < 1.29 is 9.53 Å². The fraction of sp³-hybridized carbons (Fsp3) is 0.167. The van der Waals surface area contributed by atoms with E-state index in [0.29, 0.717) is 5.56 Å². The van der Waals surface area contributed by atoms with E-state index in [0.717, 1.165) is 16.5 Å². The summed E-state index contributed by atoms with van der Waals surface area (Å²) in [5, 5.41) is 0.779. The summed E-state index contributed by atoms with van der Waals surface area (Å²) in [5.74, 6) is 1.57. The summed E-state index contributed by atoms with van der Waals surface area (Å²) in [4.78, 5) is 15.9. The Morgan fingerprint density at radius 1 is 1.44 bits per heavy atom. The van der Waals surface area contributed by atoms with Gasteiger partial charge in [-0.05, 0) is 24.3 Å². The number of hydrogen-bond donors (Lipinski definition) is 0. The van der Waals surface area contributed by atoms with E-state index >= 15 is 0 Å².